The third-order valence-corrected chi connectivity index (χ3v) is 8.80. The van der Waals surface area contributed by atoms with Crippen LogP contribution >= 0.6 is 0 Å². The molecule has 1 aliphatic rings. The molecule has 0 amide bonds. The second kappa shape index (κ2) is 7.65. The van der Waals surface area contributed by atoms with Crippen molar-refractivity contribution in [3.8, 4) is 6.07 Å². The summed E-state index contributed by atoms with van der Waals surface area (Å²) in [6.45, 7) is 3.01. The molecule has 31 heavy (non-hydrogen) atoms. The molecule has 3 N–H and O–H groups in total. The van der Waals surface area contributed by atoms with E-state index < -0.39 is 20.0 Å². The number of hydrogen-bond acceptors (Lipinski definition) is 6. The maximum absolute atomic E-state index is 12.9. The highest BCUT2D eigenvalue weighted by Gasteiger charge is 2.31. The maximum Gasteiger partial charge on any atom is 0.261 e. The highest BCUT2D eigenvalue weighted by molar-refractivity contribution is 7.92. The highest BCUT2D eigenvalue weighted by atomic mass is 32.2. The molecule has 0 atom stereocenters. The molecule has 3 aromatic rings. The van der Waals surface area contributed by atoms with Gasteiger partial charge in [0.1, 0.15) is 6.07 Å². The molecular formula is C20H21N5O4S2. The quantitative estimate of drug-likeness (QED) is 0.514. The van der Waals surface area contributed by atoms with Crippen molar-refractivity contribution >= 4 is 36.6 Å². The number of aryl methyl sites for hydroxylation is 1. The van der Waals surface area contributed by atoms with Gasteiger partial charge in [0.05, 0.1) is 26.6 Å². The van der Waals surface area contributed by atoms with Crippen molar-refractivity contribution in [2.75, 3.05) is 24.9 Å². The topological polar surface area (TPSA) is 135 Å². The van der Waals surface area contributed by atoms with E-state index >= 15 is 0 Å². The Morgan fingerprint density at radius 3 is 2.29 bits per heavy atom. The molecule has 2 heterocycles. The van der Waals surface area contributed by atoms with Crippen LogP contribution in [0.3, 0.4) is 0 Å². The van der Waals surface area contributed by atoms with Crippen LogP contribution in [0.1, 0.15) is 11.1 Å². The largest absolute Gasteiger partial charge is 0.358 e. The predicted octanol–water partition coefficient (Wildman–Crippen LogP) is 1.74. The molecule has 0 unspecified atom stereocenters. The Morgan fingerprint density at radius 1 is 1.06 bits per heavy atom. The first-order valence-corrected chi connectivity index (χ1v) is 12.4. The van der Waals surface area contributed by atoms with E-state index in [1.807, 2.05) is 6.92 Å². The Kier molecular flexibility index (Phi) is 5.26. The summed E-state index contributed by atoms with van der Waals surface area (Å²) < 4.78 is 55.1. The number of hydrogen-bond donors (Lipinski definition) is 3. The molecule has 0 radical (unpaired) electrons. The van der Waals surface area contributed by atoms with Crippen molar-refractivity contribution in [1.29, 1.82) is 5.26 Å². The summed E-state index contributed by atoms with van der Waals surface area (Å²) in [5.74, 6) is 0. The van der Waals surface area contributed by atoms with Crippen molar-refractivity contribution in [3.63, 3.8) is 0 Å². The Bertz CT molecular complexity index is 1400. The van der Waals surface area contributed by atoms with Crippen LogP contribution in [0.15, 0.2) is 52.4 Å². The van der Waals surface area contributed by atoms with Gasteiger partial charge in [0.15, 0.2) is 0 Å². The SMILES string of the molecule is Cc1ccc(NS(=O)(=O)c2ccc(S(=O)(=O)N(C)C3CNC3)cc2)c2[nH]cc(C#N)c12. The van der Waals surface area contributed by atoms with E-state index in [-0.39, 0.29) is 15.8 Å². The van der Waals surface area contributed by atoms with E-state index in [0.717, 1.165) is 5.56 Å². The third kappa shape index (κ3) is 3.68. The molecule has 11 heteroatoms. The number of nitrogens with one attached hydrogen (secondary N) is 3. The van der Waals surface area contributed by atoms with Crippen LogP contribution in [0.4, 0.5) is 5.69 Å². The second-order valence-corrected chi connectivity index (χ2v) is 11.1. The van der Waals surface area contributed by atoms with Gasteiger partial charge in [0.2, 0.25) is 10.0 Å². The zero-order chi connectivity index (χ0) is 22.4. The van der Waals surface area contributed by atoms with E-state index in [0.29, 0.717) is 35.2 Å². The van der Waals surface area contributed by atoms with Gasteiger partial charge in [-0.15, -0.1) is 0 Å². The first-order chi connectivity index (χ1) is 14.6. The zero-order valence-electron chi connectivity index (χ0n) is 16.9. The summed E-state index contributed by atoms with van der Waals surface area (Å²) in [6.07, 6.45) is 1.53. The number of fused-ring (bicyclic) bond motifs is 1. The van der Waals surface area contributed by atoms with Crippen LogP contribution in [-0.4, -0.2) is 52.3 Å². The summed E-state index contributed by atoms with van der Waals surface area (Å²) in [4.78, 5) is 2.91. The molecule has 1 aromatic heterocycles. The lowest BCUT2D eigenvalue weighted by atomic mass is 10.1. The fourth-order valence-electron chi connectivity index (χ4n) is 3.48. The number of aromatic amines is 1. The average Bonchev–Trinajstić information content (AvgIpc) is 3.14. The molecule has 4 rings (SSSR count). The summed E-state index contributed by atoms with van der Waals surface area (Å²) in [7, 11) is -6.17. The normalized spacial score (nSPS) is 15.0. The Morgan fingerprint density at radius 2 is 1.71 bits per heavy atom. The highest BCUT2D eigenvalue weighted by Crippen LogP contribution is 2.30. The lowest BCUT2D eigenvalue weighted by molar-refractivity contribution is 0.274. The van der Waals surface area contributed by atoms with Gasteiger partial charge in [-0.2, -0.15) is 9.57 Å². The van der Waals surface area contributed by atoms with Gasteiger partial charge in [-0.25, -0.2) is 16.8 Å². The molecule has 1 fully saturated rings. The van der Waals surface area contributed by atoms with Crippen LogP contribution in [-0.2, 0) is 20.0 Å². The predicted molar refractivity (Wildman–Crippen MR) is 117 cm³/mol. The standard InChI is InChI=1S/C20H21N5O4S2/c1-13-3-8-18(20-19(13)14(9-21)10-23-20)24-30(26,27)16-4-6-17(7-5-16)31(28,29)25(2)15-11-22-12-15/h3-8,10,15,22-24H,11-12H2,1-2H3. The number of anilines is 1. The smallest absolute Gasteiger partial charge is 0.261 e. The summed E-state index contributed by atoms with van der Waals surface area (Å²) in [6, 6.07) is 10.4. The van der Waals surface area contributed by atoms with Gasteiger partial charge in [-0.3, -0.25) is 4.72 Å². The number of nitrogens with zero attached hydrogens (tertiary/aromatic N) is 2. The number of benzene rings is 2. The monoisotopic (exact) mass is 459 g/mol. The molecule has 0 spiro atoms. The number of nitriles is 1. The number of sulfonamides is 2. The molecule has 0 bridgehead atoms. The molecule has 162 valence electrons. The van der Waals surface area contributed by atoms with E-state index in [9.17, 15) is 22.1 Å². The minimum atomic E-state index is -3.98. The van der Waals surface area contributed by atoms with Crippen LogP contribution in [0.2, 0.25) is 0 Å². The van der Waals surface area contributed by atoms with Gasteiger partial charge in [0.25, 0.3) is 10.0 Å². The Balaban J connectivity index is 1.63. The molecule has 2 aromatic carbocycles. The Hall–Kier alpha value is -2.91. The molecular weight excluding hydrogens is 438 g/mol. The fourth-order valence-corrected chi connectivity index (χ4v) is 5.91. The summed E-state index contributed by atoms with van der Waals surface area (Å²) in [5, 5.41) is 12.9. The first-order valence-electron chi connectivity index (χ1n) is 9.47. The molecule has 1 aliphatic heterocycles. The molecule has 9 nitrogen and oxygen atoms in total. The van der Waals surface area contributed by atoms with Crippen molar-refractivity contribution in [3.05, 3.63) is 53.7 Å². The molecule has 0 saturated carbocycles. The van der Waals surface area contributed by atoms with Gasteiger partial charge in [0, 0.05) is 37.8 Å². The van der Waals surface area contributed by atoms with Crippen molar-refractivity contribution < 1.29 is 16.8 Å². The summed E-state index contributed by atoms with van der Waals surface area (Å²) in [5.41, 5.74) is 2.08. The lowest BCUT2D eigenvalue weighted by Gasteiger charge is -2.34. The number of H-pyrrole nitrogens is 1. The maximum atomic E-state index is 12.9. The minimum Gasteiger partial charge on any atom is -0.358 e. The second-order valence-electron chi connectivity index (χ2n) is 7.40. The van der Waals surface area contributed by atoms with Crippen LogP contribution in [0.5, 0.6) is 0 Å². The fraction of sp³-hybridized carbons (Fsp3) is 0.250. The van der Waals surface area contributed by atoms with Crippen LogP contribution < -0.4 is 10.0 Å². The zero-order valence-corrected chi connectivity index (χ0v) is 18.5. The number of likely N-dealkylation sites (N-methyl/N-ethyl adjacent to an activating group) is 1. The van der Waals surface area contributed by atoms with E-state index in [1.165, 1.54) is 41.8 Å². The van der Waals surface area contributed by atoms with Crippen molar-refractivity contribution in [2.45, 2.75) is 22.8 Å². The van der Waals surface area contributed by atoms with Gasteiger partial charge in [-0.1, -0.05) is 6.07 Å². The third-order valence-electron chi connectivity index (χ3n) is 5.49. The number of aromatic nitrogens is 1. The van der Waals surface area contributed by atoms with Gasteiger partial charge < -0.3 is 10.3 Å². The van der Waals surface area contributed by atoms with Gasteiger partial charge in [-0.05, 0) is 42.8 Å². The summed E-state index contributed by atoms with van der Waals surface area (Å²) >= 11 is 0. The molecule has 1 saturated heterocycles. The van der Waals surface area contributed by atoms with Crippen molar-refractivity contribution in [1.82, 2.24) is 14.6 Å². The van der Waals surface area contributed by atoms with Crippen LogP contribution in [0, 0.1) is 18.3 Å². The first kappa shape index (κ1) is 21.3. The minimum absolute atomic E-state index is 0.0293. The van der Waals surface area contributed by atoms with Crippen molar-refractivity contribution in [2.24, 2.45) is 0 Å². The van der Waals surface area contributed by atoms with E-state index in [2.05, 4.69) is 21.1 Å². The molecule has 0 aliphatic carbocycles. The van der Waals surface area contributed by atoms with E-state index in [1.54, 1.807) is 12.1 Å². The average molecular weight is 460 g/mol. The number of rotatable bonds is 6. The Labute approximate surface area is 180 Å². The van der Waals surface area contributed by atoms with Crippen LogP contribution in [0.25, 0.3) is 10.9 Å². The van der Waals surface area contributed by atoms with Gasteiger partial charge >= 0.3 is 0 Å². The van der Waals surface area contributed by atoms with E-state index in [4.69, 9.17) is 0 Å². The lowest BCUT2D eigenvalue weighted by Crippen LogP contribution is -2.57.